The summed E-state index contributed by atoms with van der Waals surface area (Å²) < 4.78 is 5.30. The number of piperidine rings is 1. The molecule has 96 valence electrons. The zero-order chi connectivity index (χ0) is 12.8. The van der Waals surface area contributed by atoms with Crippen LogP contribution >= 0.6 is 0 Å². The average Bonchev–Trinajstić information content (AvgIpc) is 2.72. The topological polar surface area (TPSA) is 66.8 Å². The fourth-order valence-corrected chi connectivity index (χ4v) is 2.82. The molecule has 0 aromatic heterocycles. The first-order chi connectivity index (χ1) is 7.78. The van der Waals surface area contributed by atoms with Crippen molar-refractivity contribution >= 4 is 12.1 Å². The van der Waals surface area contributed by atoms with Gasteiger partial charge in [-0.15, -0.1) is 0 Å². The highest BCUT2D eigenvalue weighted by Gasteiger charge is 2.50. The summed E-state index contributed by atoms with van der Waals surface area (Å²) in [4.78, 5) is 24.6. The molecule has 0 aromatic carbocycles. The molecule has 0 radical (unpaired) electrons. The van der Waals surface area contributed by atoms with E-state index in [9.17, 15) is 9.59 Å². The zero-order valence-electron chi connectivity index (χ0n) is 10.5. The highest BCUT2D eigenvalue weighted by molar-refractivity contribution is 5.75. The van der Waals surface area contributed by atoms with Gasteiger partial charge in [-0.25, -0.2) is 4.79 Å². The molecule has 2 bridgehead atoms. The number of fused-ring (bicyclic) bond motifs is 2. The van der Waals surface area contributed by atoms with Crippen molar-refractivity contribution in [3.05, 3.63) is 0 Å². The monoisotopic (exact) mass is 241 g/mol. The van der Waals surface area contributed by atoms with Gasteiger partial charge in [-0.05, 0) is 39.5 Å². The van der Waals surface area contributed by atoms with Crippen molar-refractivity contribution in [2.24, 2.45) is 11.8 Å². The van der Waals surface area contributed by atoms with E-state index < -0.39 is 17.5 Å². The van der Waals surface area contributed by atoms with Crippen LogP contribution in [0.5, 0.6) is 0 Å². The van der Waals surface area contributed by atoms with Crippen molar-refractivity contribution in [3.8, 4) is 0 Å². The Morgan fingerprint density at radius 3 is 2.41 bits per heavy atom. The van der Waals surface area contributed by atoms with Crippen molar-refractivity contribution in [1.82, 2.24) is 4.90 Å². The van der Waals surface area contributed by atoms with Crippen LogP contribution in [-0.2, 0) is 9.53 Å². The molecular weight excluding hydrogens is 222 g/mol. The zero-order valence-corrected chi connectivity index (χ0v) is 10.5. The number of carbonyl (C=O) groups excluding carboxylic acids is 1. The number of carboxylic acids is 1. The summed E-state index contributed by atoms with van der Waals surface area (Å²) in [6.07, 6.45) is 1.12. The second kappa shape index (κ2) is 3.89. The van der Waals surface area contributed by atoms with Crippen LogP contribution in [0.4, 0.5) is 4.79 Å². The number of hydrogen-bond acceptors (Lipinski definition) is 3. The Morgan fingerprint density at radius 2 is 1.94 bits per heavy atom. The molecule has 1 aliphatic carbocycles. The van der Waals surface area contributed by atoms with Gasteiger partial charge >= 0.3 is 12.1 Å². The normalized spacial score (nSPS) is 31.7. The molecule has 17 heavy (non-hydrogen) atoms. The smallest absolute Gasteiger partial charge is 0.410 e. The Bertz CT molecular complexity index is 347. The van der Waals surface area contributed by atoms with Gasteiger partial charge in [-0.3, -0.25) is 4.79 Å². The van der Waals surface area contributed by atoms with E-state index in [1.807, 2.05) is 20.8 Å². The summed E-state index contributed by atoms with van der Waals surface area (Å²) in [5, 5.41) is 9.09. The lowest BCUT2D eigenvalue weighted by molar-refractivity contribution is -0.143. The Balaban J connectivity index is 2.04. The van der Waals surface area contributed by atoms with Crippen LogP contribution in [0.25, 0.3) is 0 Å². The van der Waals surface area contributed by atoms with Crippen LogP contribution in [0, 0.1) is 11.8 Å². The van der Waals surface area contributed by atoms with Crippen LogP contribution in [0.1, 0.15) is 33.6 Å². The lowest BCUT2D eigenvalue weighted by Gasteiger charge is -2.32. The van der Waals surface area contributed by atoms with Crippen LogP contribution in [0.2, 0.25) is 0 Å². The van der Waals surface area contributed by atoms with Gasteiger partial charge < -0.3 is 14.7 Å². The molecule has 0 spiro atoms. The van der Waals surface area contributed by atoms with E-state index in [1.54, 1.807) is 4.90 Å². The minimum absolute atomic E-state index is 0.174. The summed E-state index contributed by atoms with van der Waals surface area (Å²) in [7, 11) is 0. The Labute approximate surface area is 101 Å². The minimum atomic E-state index is -0.800. The SMILES string of the molecule is CC(C)(C)OC(=O)N1C[C@@H]2C[C@H](C(=O)O)[C@H]1C2. The van der Waals surface area contributed by atoms with Gasteiger partial charge in [0.25, 0.3) is 0 Å². The quantitative estimate of drug-likeness (QED) is 0.759. The largest absolute Gasteiger partial charge is 0.481 e. The highest BCUT2D eigenvalue weighted by atomic mass is 16.6. The number of amides is 1. The first-order valence-electron chi connectivity index (χ1n) is 6.00. The Kier molecular flexibility index (Phi) is 2.79. The van der Waals surface area contributed by atoms with Gasteiger partial charge in [-0.2, -0.15) is 0 Å². The predicted octanol–water partition coefficient (Wildman–Crippen LogP) is 1.72. The average molecular weight is 241 g/mol. The maximum absolute atomic E-state index is 11.9. The van der Waals surface area contributed by atoms with Gasteiger partial charge in [0.05, 0.1) is 5.92 Å². The second-order valence-electron chi connectivity index (χ2n) is 5.98. The second-order valence-corrected chi connectivity index (χ2v) is 5.98. The van der Waals surface area contributed by atoms with Gasteiger partial charge in [-0.1, -0.05) is 0 Å². The molecule has 1 saturated carbocycles. The van der Waals surface area contributed by atoms with Gasteiger partial charge in [0.1, 0.15) is 5.60 Å². The first-order valence-corrected chi connectivity index (χ1v) is 6.00. The van der Waals surface area contributed by atoms with E-state index in [4.69, 9.17) is 9.84 Å². The van der Waals surface area contributed by atoms with E-state index in [-0.39, 0.29) is 12.1 Å². The predicted molar refractivity (Wildman–Crippen MR) is 60.6 cm³/mol. The lowest BCUT2D eigenvalue weighted by atomic mass is 9.99. The van der Waals surface area contributed by atoms with E-state index in [1.165, 1.54) is 0 Å². The number of nitrogens with zero attached hydrogens (tertiary/aromatic N) is 1. The molecule has 1 amide bonds. The van der Waals surface area contributed by atoms with E-state index >= 15 is 0 Å². The maximum atomic E-state index is 11.9. The summed E-state index contributed by atoms with van der Waals surface area (Å²) in [6.45, 7) is 6.08. The molecule has 5 heteroatoms. The molecule has 1 aliphatic heterocycles. The molecule has 1 heterocycles. The molecule has 1 N–H and O–H groups in total. The molecule has 3 atom stereocenters. The number of rotatable bonds is 1. The Morgan fingerprint density at radius 1 is 1.29 bits per heavy atom. The van der Waals surface area contributed by atoms with Gasteiger partial charge in [0, 0.05) is 12.6 Å². The molecular formula is C12H19NO4. The molecule has 2 aliphatic rings. The molecule has 5 nitrogen and oxygen atoms in total. The minimum Gasteiger partial charge on any atom is -0.481 e. The fraction of sp³-hybridized carbons (Fsp3) is 0.833. The molecule has 1 saturated heterocycles. The Hall–Kier alpha value is -1.26. The summed E-state index contributed by atoms with van der Waals surface area (Å²) >= 11 is 0. The van der Waals surface area contributed by atoms with Crippen molar-refractivity contribution in [3.63, 3.8) is 0 Å². The summed E-state index contributed by atoms with van der Waals surface area (Å²) in [5.41, 5.74) is -0.530. The number of carbonyl (C=O) groups is 2. The van der Waals surface area contributed by atoms with E-state index in [2.05, 4.69) is 0 Å². The summed E-state index contributed by atoms with van der Waals surface area (Å²) in [6, 6.07) is -0.174. The highest BCUT2D eigenvalue weighted by Crippen LogP contribution is 2.42. The van der Waals surface area contributed by atoms with Crippen LogP contribution in [0.3, 0.4) is 0 Å². The fourth-order valence-electron chi connectivity index (χ4n) is 2.82. The number of aliphatic carboxylic acids is 1. The number of likely N-dealkylation sites (tertiary alicyclic amines) is 1. The molecule has 2 rings (SSSR count). The third-order valence-electron chi connectivity index (χ3n) is 3.43. The van der Waals surface area contributed by atoms with E-state index in [0.717, 1.165) is 6.42 Å². The maximum Gasteiger partial charge on any atom is 0.410 e. The standard InChI is InChI=1S/C12H19NO4/c1-12(2,3)17-11(16)13-6-7-4-8(10(14)15)9(13)5-7/h7-9H,4-6H2,1-3H3,(H,14,15)/t7-,8+,9-/m1/s1. The van der Waals surface area contributed by atoms with Gasteiger partial charge in [0.15, 0.2) is 0 Å². The third kappa shape index (κ3) is 2.37. The van der Waals surface area contributed by atoms with Crippen molar-refractivity contribution in [2.45, 2.75) is 45.3 Å². The van der Waals surface area contributed by atoms with E-state index in [0.29, 0.717) is 18.9 Å². The van der Waals surface area contributed by atoms with Crippen molar-refractivity contribution < 1.29 is 19.4 Å². The van der Waals surface area contributed by atoms with Crippen LogP contribution in [-0.4, -0.2) is 40.3 Å². The van der Waals surface area contributed by atoms with Crippen LogP contribution in [0.15, 0.2) is 0 Å². The number of ether oxygens (including phenoxy) is 1. The molecule has 0 aromatic rings. The van der Waals surface area contributed by atoms with Gasteiger partial charge in [0.2, 0.25) is 0 Å². The van der Waals surface area contributed by atoms with Crippen molar-refractivity contribution in [1.29, 1.82) is 0 Å². The number of hydrogen-bond donors (Lipinski definition) is 1. The first kappa shape index (κ1) is 12.2. The summed E-state index contributed by atoms with van der Waals surface area (Å²) in [5.74, 6) is -0.888. The molecule has 0 unspecified atom stereocenters. The number of carboxylic acid groups (broad SMARTS) is 1. The lowest BCUT2D eigenvalue weighted by Crippen LogP contribution is -2.46. The third-order valence-corrected chi connectivity index (χ3v) is 3.43. The van der Waals surface area contributed by atoms with Crippen LogP contribution < -0.4 is 0 Å². The van der Waals surface area contributed by atoms with Crippen molar-refractivity contribution in [2.75, 3.05) is 6.54 Å². The molecule has 2 fully saturated rings.